The molecule has 0 fully saturated rings. The summed E-state index contributed by atoms with van der Waals surface area (Å²) >= 11 is 0. The van der Waals surface area contributed by atoms with E-state index in [2.05, 4.69) is 17.4 Å². The van der Waals surface area contributed by atoms with Crippen molar-refractivity contribution in [3.8, 4) is 5.75 Å². The maximum absolute atomic E-state index is 12.4. The van der Waals surface area contributed by atoms with Crippen LogP contribution in [0.15, 0.2) is 72.8 Å². The molecule has 0 spiro atoms. The van der Waals surface area contributed by atoms with Gasteiger partial charge in [0.25, 0.3) is 5.91 Å². The Balaban J connectivity index is 1.38. The largest absolute Gasteiger partial charge is 0.483 e. The van der Waals surface area contributed by atoms with Gasteiger partial charge in [-0.3, -0.25) is 9.59 Å². The van der Waals surface area contributed by atoms with Gasteiger partial charge in [-0.2, -0.15) is 0 Å². The van der Waals surface area contributed by atoms with Crippen molar-refractivity contribution in [2.24, 2.45) is 0 Å². The molecule has 1 N–H and O–H groups in total. The zero-order valence-corrected chi connectivity index (χ0v) is 16.9. The monoisotopic (exact) mass is 400 g/mol. The molecule has 1 heterocycles. The molecule has 0 aromatic heterocycles. The van der Waals surface area contributed by atoms with E-state index in [1.165, 1.54) is 5.56 Å². The molecule has 152 valence electrons. The highest BCUT2D eigenvalue weighted by molar-refractivity contribution is 5.96. The van der Waals surface area contributed by atoms with E-state index in [4.69, 9.17) is 4.74 Å². The first kappa shape index (κ1) is 19.7. The number of hydrogen-bond acceptors (Lipinski definition) is 3. The Morgan fingerprint density at radius 2 is 1.77 bits per heavy atom. The van der Waals surface area contributed by atoms with Gasteiger partial charge in [-0.25, -0.2) is 0 Å². The molecule has 0 atom stereocenters. The van der Waals surface area contributed by atoms with E-state index in [1.54, 1.807) is 11.8 Å². The van der Waals surface area contributed by atoms with Crippen LogP contribution in [-0.4, -0.2) is 25.0 Å². The van der Waals surface area contributed by atoms with Crippen molar-refractivity contribution < 1.29 is 14.3 Å². The smallest absolute Gasteiger partial charge is 0.262 e. The van der Waals surface area contributed by atoms with Gasteiger partial charge in [0.05, 0.1) is 0 Å². The summed E-state index contributed by atoms with van der Waals surface area (Å²) in [7, 11) is 0. The van der Waals surface area contributed by atoms with Gasteiger partial charge in [0.1, 0.15) is 5.75 Å². The lowest BCUT2D eigenvalue weighted by molar-refractivity contribution is -0.118. The zero-order chi connectivity index (χ0) is 20.9. The molecule has 30 heavy (non-hydrogen) atoms. The lowest BCUT2D eigenvalue weighted by atomic mass is 10.0. The Kier molecular flexibility index (Phi) is 5.80. The number of rotatable bonds is 6. The first-order valence-electron chi connectivity index (χ1n) is 10.1. The predicted molar refractivity (Wildman–Crippen MR) is 118 cm³/mol. The van der Waals surface area contributed by atoms with Crippen LogP contribution in [0.4, 0.5) is 11.4 Å². The summed E-state index contributed by atoms with van der Waals surface area (Å²) in [4.78, 5) is 25.9. The molecule has 0 saturated heterocycles. The van der Waals surface area contributed by atoms with E-state index in [-0.39, 0.29) is 18.4 Å². The van der Waals surface area contributed by atoms with E-state index in [0.717, 1.165) is 29.7 Å². The molecule has 1 aliphatic rings. The molecule has 4 rings (SSSR count). The molecule has 5 heteroatoms. The summed E-state index contributed by atoms with van der Waals surface area (Å²) in [5, 5.41) is 2.89. The van der Waals surface area contributed by atoms with Crippen LogP contribution in [0.1, 0.15) is 23.6 Å². The van der Waals surface area contributed by atoms with E-state index in [1.807, 2.05) is 60.7 Å². The van der Waals surface area contributed by atoms with Gasteiger partial charge in [0.2, 0.25) is 5.91 Å². The highest BCUT2D eigenvalue weighted by atomic mass is 16.5. The molecule has 0 aliphatic carbocycles. The van der Waals surface area contributed by atoms with Crippen molar-refractivity contribution in [1.82, 2.24) is 0 Å². The number of amides is 2. The normalized spacial score (nSPS) is 12.4. The Labute approximate surface area is 176 Å². The van der Waals surface area contributed by atoms with Gasteiger partial charge < -0.3 is 15.0 Å². The number of nitrogens with zero attached hydrogens (tertiary/aromatic N) is 1. The second-order valence-corrected chi connectivity index (χ2v) is 7.37. The van der Waals surface area contributed by atoms with Crippen LogP contribution in [0, 0.1) is 0 Å². The topological polar surface area (TPSA) is 58.6 Å². The van der Waals surface area contributed by atoms with Crippen LogP contribution in [0.5, 0.6) is 5.75 Å². The number of nitrogens with one attached hydrogen (secondary N) is 1. The summed E-state index contributed by atoms with van der Waals surface area (Å²) in [6.07, 6.45) is 1.54. The fourth-order valence-corrected chi connectivity index (χ4v) is 3.75. The molecule has 0 radical (unpaired) electrons. The van der Waals surface area contributed by atoms with Crippen molar-refractivity contribution in [1.29, 1.82) is 0 Å². The molecule has 0 saturated carbocycles. The van der Waals surface area contributed by atoms with Crippen molar-refractivity contribution >= 4 is 23.2 Å². The van der Waals surface area contributed by atoms with E-state index < -0.39 is 0 Å². The summed E-state index contributed by atoms with van der Waals surface area (Å²) in [5.74, 6) is 0.529. The molecule has 0 bridgehead atoms. The van der Waals surface area contributed by atoms with Crippen LogP contribution >= 0.6 is 0 Å². The molecule has 5 nitrogen and oxygen atoms in total. The number of ether oxygens (including phenoxy) is 1. The highest BCUT2D eigenvalue weighted by Gasteiger charge is 2.22. The van der Waals surface area contributed by atoms with Crippen molar-refractivity contribution in [3.63, 3.8) is 0 Å². The molecular weight excluding hydrogens is 376 g/mol. The lowest BCUT2D eigenvalue weighted by Gasteiger charge is -2.15. The first-order valence-corrected chi connectivity index (χ1v) is 10.1. The highest BCUT2D eigenvalue weighted by Crippen LogP contribution is 2.30. The lowest BCUT2D eigenvalue weighted by Crippen LogP contribution is -2.25. The van der Waals surface area contributed by atoms with Crippen LogP contribution in [0.25, 0.3) is 0 Å². The number of carbonyl (C=O) groups excluding carboxylic acids is 2. The summed E-state index contributed by atoms with van der Waals surface area (Å²) in [6.45, 7) is 2.18. The number of anilines is 2. The van der Waals surface area contributed by atoms with Crippen molar-refractivity contribution in [3.05, 3.63) is 89.5 Å². The van der Waals surface area contributed by atoms with Gasteiger partial charge >= 0.3 is 0 Å². The third-order valence-electron chi connectivity index (χ3n) is 5.21. The minimum atomic E-state index is -0.217. The van der Waals surface area contributed by atoms with Crippen molar-refractivity contribution in [2.75, 3.05) is 23.4 Å². The molecule has 3 aromatic rings. The Hall–Kier alpha value is -3.60. The van der Waals surface area contributed by atoms with Gasteiger partial charge in [0, 0.05) is 31.3 Å². The maximum Gasteiger partial charge on any atom is 0.262 e. The van der Waals surface area contributed by atoms with Crippen LogP contribution in [-0.2, 0) is 22.4 Å². The molecule has 1 aliphatic heterocycles. The van der Waals surface area contributed by atoms with Gasteiger partial charge in [0.15, 0.2) is 6.61 Å². The molecule has 0 unspecified atom stereocenters. The minimum Gasteiger partial charge on any atom is -0.483 e. The van der Waals surface area contributed by atoms with Gasteiger partial charge in [-0.05, 0) is 47.4 Å². The van der Waals surface area contributed by atoms with E-state index in [9.17, 15) is 9.59 Å². The number of benzene rings is 3. The molecular formula is C25H24N2O3. The Bertz CT molecular complexity index is 1060. The fourth-order valence-electron chi connectivity index (χ4n) is 3.75. The second kappa shape index (κ2) is 8.82. The quantitative estimate of drug-likeness (QED) is 0.675. The fraction of sp³-hybridized carbons (Fsp3) is 0.200. The third-order valence-corrected chi connectivity index (χ3v) is 5.21. The number of hydrogen-bond donors (Lipinski definition) is 1. The SMILES string of the molecule is CC(=O)N1CCc2cc(NC(=O)COc3ccccc3Cc3ccccc3)ccc21. The summed E-state index contributed by atoms with van der Waals surface area (Å²) in [5.41, 5.74) is 4.93. The molecule has 3 aromatic carbocycles. The van der Waals surface area contributed by atoms with Crippen LogP contribution < -0.4 is 15.0 Å². The average molecular weight is 400 g/mol. The standard InChI is InChI=1S/C25H24N2O3/c1-18(28)27-14-13-20-16-22(11-12-23(20)27)26-25(29)17-30-24-10-6-5-9-21(24)15-19-7-3-2-4-8-19/h2-12,16H,13-15,17H2,1H3,(H,26,29). The van der Waals surface area contributed by atoms with Gasteiger partial charge in [-0.15, -0.1) is 0 Å². The van der Waals surface area contributed by atoms with E-state index in [0.29, 0.717) is 18.0 Å². The Morgan fingerprint density at radius 1 is 1.00 bits per heavy atom. The summed E-state index contributed by atoms with van der Waals surface area (Å²) < 4.78 is 5.82. The first-order chi connectivity index (χ1) is 14.6. The summed E-state index contributed by atoms with van der Waals surface area (Å²) in [6, 6.07) is 23.6. The third kappa shape index (κ3) is 4.51. The van der Waals surface area contributed by atoms with E-state index >= 15 is 0 Å². The molecule has 2 amide bonds. The van der Waals surface area contributed by atoms with Crippen LogP contribution in [0.3, 0.4) is 0 Å². The van der Waals surface area contributed by atoms with Gasteiger partial charge in [-0.1, -0.05) is 48.5 Å². The van der Waals surface area contributed by atoms with Crippen LogP contribution in [0.2, 0.25) is 0 Å². The Morgan fingerprint density at radius 3 is 2.57 bits per heavy atom. The predicted octanol–water partition coefficient (Wildman–Crippen LogP) is 4.20. The number of carbonyl (C=O) groups is 2. The zero-order valence-electron chi connectivity index (χ0n) is 16.9. The maximum atomic E-state index is 12.4. The number of para-hydroxylation sites is 1. The minimum absolute atomic E-state index is 0.0353. The average Bonchev–Trinajstić information content (AvgIpc) is 3.17. The number of fused-ring (bicyclic) bond motifs is 1. The van der Waals surface area contributed by atoms with Crippen molar-refractivity contribution in [2.45, 2.75) is 19.8 Å². The second-order valence-electron chi connectivity index (χ2n) is 7.37.